The fraction of sp³-hybridized carbons (Fsp3) is 0.154. The molecule has 8 heteroatoms. The summed E-state index contributed by atoms with van der Waals surface area (Å²) in [5.74, 6) is -1.89. The molecule has 112 valence electrons. The number of anilines is 1. The molecule has 0 aliphatic carbocycles. The minimum atomic E-state index is -4.00. The summed E-state index contributed by atoms with van der Waals surface area (Å²) in [7, 11) is -4.00. The Morgan fingerprint density at radius 2 is 1.90 bits per heavy atom. The first-order chi connectivity index (χ1) is 9.70. The molecule has 0 spiro atoms. The zero-order chi connectivity index (χ0) is 15.8. The predicted octanol–water partition coefficient (Wildman–Crippen LogP) is 2.10. The molecule has 1 aromatic carbocycles. The molecule has 0 aliphatic heterocycles. The molecule has 0 saturated heterocycles. The van der Waals surface area contributed by atoms with E-state index in [4.69, 9.17) is 9.52 Å². The maximum absolute atomic E-state index is 12.2. The maximum atomic E-state index is 12.2. The summed E-state index contributed by atoms with van der Waals surface area (Å²) in [5, 5.41) is 18.4. The van der Waals surface area contributed by atoms with Crippen LogP contribution in [0.3, 0.4) is 0 Å². The van der Waals surface area contributed by atoms with Gasteiger partial charge in [-0.15, -0.1) is 0 Å². The molecule has 21 heavy (non-hydrogen) atoms. The molecule has 0 unspecified atom stereocenters. The first kappa shape index (κ1) is 14.9. The van der Waals surface area contributed by atoms with E-state index in [1.807, 2.05) is 0 Å². The second-order valence-corrected chi connectivity index (χ2v) is 6.09. The van der Waals surface area contributed by atoms with Gasteiger partial charge in [-0.25, -0.2) is 13.2 Å². The molecule has 1 heterocycles. The maximum Gasteiger partial charge on any atom is 0.371 e. The van der Waals surface area contributed by atoms with Crippen molar-refractivity contribution >= 4 is 21.7 Å². The van der Waals surface area contributed by atoms with Gasteiger partial charge in [0.15, 0.2) is 0 Å². The highest BCUT2D eigenvalue weighted by Gasteiger charge is 2.24. The molecule has 0 bridgehead atoms. The fourth-order valence-corrected chi connectivity index (χ4v) is 2.95. The van der Waals surface area contributed by atoms with E-state index in [0.717, 1.165) is 6.07 Å². The van der Waals surface area contributed by atoms with Crippen LogP contribution in [0, 0.1) is 13.8 Å². The number of phenolic OH excluding ortho intramolecular Hbond substituents is 1. The van der Waals surface area contributed by atoms with Gasteiger partial charge in [-0.2, -0.15) is 0 Å². The Labute approximate surface area is 120 Å². The molecule has 0 atom stereocenters. The largest absolute Gasteiger partial charge is 0.508 e. The molecule has 7 nitrogen and oxygen atoms in total. The Bertz CT molecular complexity index is 806. The second kappa shape index (κ2) is 5.13. The normalized spacial score (nSPS) is 11.3. The highest BCUT2D eigenvalue weighted by Crippen LogP contribution is 2.26. The Morgan fingerprint density at radius 3 is 2.43 bits per heavy atom. The third kappa shape index (κ3) is 3.00. The lowest BCUT2D eigenvalue weighted by Crippen LogP contribution is -2.13. The van der Waals surface area contributed by atoms with Crippen molar-refractivity contribution in [1.29, 1.82) is 0 Å². The van der Waals surface area contributed by atoms with E-state index in [2.05, 4.69) is 4.72 Å². The molecule has 1 aromatic heterocycles. The van der Waals surface area contributed by atoms with E-state index in [0.29, 0.717) is 5.56 Å². The Balaban J connectivity index is 2.38. The lowest BCUT2D eigenvalue weighted by Gasteiger charge is -2.08. The number of carboxylic acids is 1. The molecule has 0 aliphatic rings. The molecule has 0 radical (unpaired) electrons. The van der Waals surface area contributed by atoms with Crippen molar-refractivity contribution < 1.29 is 27.8 Å². The van der Waals surface area contributed by atoms with E-state index in [-0.39, 0.29) is 22.1 Å². The Hall–Kier alpha value is -2.48. The van der Waals surface area contributed by atoms with E-state index in [9.17, 15) is 18.3 Å². The number of aromatic carboxylic acids is 1. The molecule has 0 saturated carbocycles. The van der Waals surface area contributed by atoms with Crippen molar-refractivity contribution in [3.8, 4) is 5.75 Å². The molecule has 2 aromatic rings. The van der Waals surface area contributed by atoms with Crippen LogP contribution in [0.25, 0.3) is 0 Å². The lowest BCUT2D eigenvalue weighted by atomic mass is 10.2. The van der Waals surface area contributed by atoms with Gasteiger partial charge < -0.3 is 14.6 Å². The van der Waals surface area contributed by atoms with Gasteiger partial charge in [0.05, 0.1) is 5.69 Å². The average molecular weight is 311 g/mol. The standard InChI is InChI=1S/C13H13NO6S/c1-7-3-4-9(5-10(7)15)14-21(18,19)12-6-11(13(16)17)20-8(12)2/h3-6,14-15H,1-2H3,(H,16,17). The monoisotopic (exact) mass is 311 g/mol. The number of carboxylic acid groups (broad SMARTS) is 1. The first-order valence-corrected chi connectivity index (χ1v) is 7.35. The summed E-state index contributed by atoms with van der Waals surface area (Å²) in [6, 6.07) is 5.24. The average Bonchev–Trinajstić information content (AvgIpc) is 2.77. The van der Waals surface area contributed by atoms with E-state index >= 15 is 0 Å². The van der Waals surface area contributed by atoms with Crippen LogP contribution in [0.4, 0.5) is 5.69 Å². The number of benzene rings is 1. The smallest absolute Gasteiger partial charge is 0.371 e. The van der Waals surface area contributed by atoms with Crippen molar-refractivity contribution in [1.82, 2.24) is 0 Å². The summed E-state index contributed by atoms with van der Waals surface area (Å²) in [4.78, 5) is 10.5. The summed E-state index contributed by atoms with van der Waals surface area (Å²) >= 11 is 0. The van der Waals surface area contributed by atoms with Crippen molar-refractivity contribution in [2.75, 3.05) is 4.72 Å². The van der Waals surface area contributed by atoms with Crippen molar-refractivity contribution in [3.63, 3.8) is 0 Å². The quantitative estimate of drug-likeness (QED) is 0.796. The van der Waals surface area contributed by atoms with Crippen LogP contribution >= 0.6 is 0 Å². The number of aryl methyl sites for hydroxylation is 2. The molecule has 2 rings (SSSR count). The summed E-state index contributed by atoms with van der Waals surface area (Å²) < 4.78 is 31.5. The Morgan fingerprint density at radius 1 is 1.24 bits per heavy atom. The number of nitrogens with one attached hydrogen (secondary N) is 1. The Kier molecular flexibility index (Phi) is 3.65. The third-order valence-corrected chi connectivity index (χ3v) is 4.32. The van der Waals surface area contributed by atoms with Gasteiger partial charge in [0.2, 0.25) is 5.76 Å². The van der Waals surface area contributed by atoms with Crippen molar-refractivity contribution in [2.24, 2.45) is 0 Å². The third-order valence-electron chi connectivity index (χ3n) is 2.83. The predicted molar refractivity (Wildman–Crippen MR) is 74.1 cm³/mol. The number of carbonyl (C=O) groups is 1. The number of hydrogen-bond acceptors (Lipinski definition) is 5. The van der Waals surface area contributed by atoms with Gasteiger partial charge in [-0.1, -0.05) is 6.07 Å². The topological polar surface area (TPSA) is 117 Å². The van der Waals surface area contributed by atoms with Crippen LogP contribution in [0.1, 0.15) is 21.9 Å². The van der Waals surface area contributed by atoms with Crippen LogP contribution in [0.2, 0.25) is 0 Å². The van der Waals surface area contributed by atoms with Gasteiger partial charge in [-0.3, -0.25) is 4.72 Å². The van der Waals surface area contributed by atoms with Gasteiger partial charge >= 0.3 is 5.97 Å². The SMILES string of the molecule is Cc1ccc(NS(=O)(=O)c2cc(C(=O)O)oc2C)cc1O. The van der Waals surface area contributed by atoms with Gasteiger partial charge in [-0.05, 0) is 25.5 Å². The van der Waals surface area contributed by atoms with Crippen molar-refractivity contribution in [3.05, 3.63) is 41.3 Å². The highest BCUT2D eigenvalue weighted by molar-refractivity contribution is 7.92. The van der Waals surface area contributed by atoms with E-state index < -0.39 is 21.8 Å². The number of aromatic hydroxyl groups is 1. The molecular weight excluding hydrogens is 298 g/mol. The van der Waals surface area contributed by atoms with E-state index in [1.165, 1.54) is 19.1 Å². The molecule has 0 amide bonds. The lowest BCUT2D eigenvalue weighted by molar-refractivity contribution is 0.0661. The van der Waals surface area contributed by atoms with Gasteiger partial charge in [0.1, 0.15) is 16.4 Å². The molecule has 0 fully saturated rings. The zero-order valence-electron chi connectivity index (χ0n) is 11.2. The number of furan rings is 1. The van der Waals surface area contributed by atoms with Crippen LogP contribution in [-0.4, -0.2) is 24.6 Å². The number of sulfonamides is 1. The number of hydrogen-bond donors (Lipinski definition) is 3. The fourth-order valence-electron chi connectivity index (χ4n) is 1.72. The number of rotatable bonds is 4. The summed E-state index contributed by atoms with van der Waals surface area (Å²) in [6.07, 6.45) is 0. The number of phenols is 1. The zero-order valence-corrected chi connectivity index (χ0v) is 12.1. The van der Waals surface area contributed by atoms with Crippen LogP contribution in [-0.2, 0) is 10.0 Å². The first-order valence-electron chi connectivity index (χ1n) is 5.87. The van der Waals surface area contributed by atoms with Crippen LogP contribution in [0.15, 0.2) is 33.6 Å². The van der Waals surface area contributed by atoms with E-state index in [1.54, 1.807) is 13.0 Å². The van der Waals surface area contributed by atoms with Crippen LogP contribution in [0.5, 0.6) is 5.75 Å². The van der Waals surface area contributed by atoms with Gasteiger partial charge in [0.25, 0.3) is 10.0 Å². The highest BCUT2D eigenvalue weighted by atomic mass is 32.2. The van der Waals surface area contributed by atoms with Crippen LogP contribution < -0.4 is 4.72 Å². The second-order valence-electron chi connectivity index (χ2n) is 4.44. The minimum Gasteiger partial charge on any atom is -0.508 e. The van der Waals surface area contributed by atoms with Gasteiger partial charge in [0, 0.05) is 12.1 Å². The molecular formula is C13H13NO6S. The summed E-state index contributed by atoms with van der Waals surface area (Å²) in [5.41, 5.74) is 0.765. The minimum absolute atomic E-state index is 0.0313. The molecule has 3 N–H and O–H groups in total. The summed E-state index contributed by atoms with van der Waals surface area (Å²) in [6.45, 7) is 3.03. The van der Waals surface area contributed by atoms with Crippen molar-refractivity contribution in [2.45, 2.75) is 18.7 Å².